The van der Waals surface area contributed by atoms with Gasteiger partial charge >= 0.3 is 0 Å². The van der Waals surface area contributed by atoms with Crippen molar-refractivity contribution in [3.05, 3.63) is 58.1 Å². The first-order chi connectivity index (χ1) is 13.5. The zero-order chi connectivity index (χ0) is 20.1. The second-order valence-electron chi connectivity index (χ2n) is 6.40. The molecule has 1 atom stereocenters. The van der Waals surface area contributed by atoms with Crippen molar-refractivity contribution in [1.82, 2.24) is 4.90 Å². The van der Waals surface area contributed by atoms with Gasteiger partial charge in [-0.2, -0.15) is 0 Å². The zero-order valence-electron chi connectivity index (χ0n) is 15.8. The molecule has 8 heteroatoms. The Morgan fingerprint density at radius 1 is 1.18 bits per heavy atom. The van der Waals surface area contributed by atoms with Crippen LogP contribution in [0.15, 0.2) is 42.5 Å². The number of hydrogen-bond donors (Lipinski definition) is 0. The van der Waals surface area contributed by atoms with Crippen molar-refractivity contribution >= 4 is 11.6 Å². The third kappa shape index (κ3) is 4.16. The number of nitrogens with zero attached hydrogens (tertiary/aromatic N) is 2. The summed E-state index contributed by atoms with van der Waals surface area (Å²) in [5, 5.41) is 10.9. The summed E-state index contributed by atoms with van der Waals surface area (Å²) in [7, 11) is 3.19. The second-order valence-corrected chi connectivity index (χ2v) is 6.40. The third-order valence-corrected chi connectivity index (χ3v) is 4.76. The highest BCUT2D eigenvalue weighted by atomic mass is 16.6. The lowest BCUT2D eigenvalue weighted by Crippen LogP contribution is -2.34. The van der Waals surface area contributed by atoms with Gasteiger partial charge in [0.05, 0.1) is 31.3 Å². The van der Waals surface area contributed by atoms with E-state index in [2.05, 4.69) is 0 Å². The van der Waals surface area contributed by atoms with Gasteiger partial charge < -0.3 is 19.1 Å². The summed E-state index contributed by atoms with van der Waals surface area (Å²) in [5.74, 6) is 1.50. The van der Waals surface area contributed by atoms with E-state index >= 15 is 0 Å². The molecular formula is C20H22N2O6. The molecule has 1 saturated heterocycles. The van der Waals surface area contributed by atoms with E-state index in [0.717, 1.165) is 18.4 Å². The van der Waals surface area contributed by atoms with Gasteiger partial charge in [0.15, 0.2) is 6.61 Å². The smallest absolute Gasteiger partial charge is 0.273 e. The summed E-state index contributed by atoms with van der Waals surface area (Å²) in [5.41, 5.74) is 0.813. The molecule has 0 bridgehead atoms. The Kier molecular flexibility index (Phi) is 5.98. The van der Waals surface area contributed by atoms with E-state index in [9.17, 15) is 14.9 Å². The molecule has 0 aromatic heterocycles. The van der Waals surface area contributed by atoms with Crippen LogP contribution < -0.4 is 14.2 Å². The van der Waals surface area contributed by atoms with Crippen molar-refractivity contribution < 1.29 is 23.9 Å². The number of amides is 1. The quantitative estimate of drug-likeness (QED) is 0.535. The number of nitro benzene ring substituents is 1. The SMILES string of the molecule is COc1ccc(OC)c([C@H]2CCCN2C(=O)COc2cccc([N+](=O)[O-])c2)c1. The van der Waals surface area contributed by atoms with Gasteiger partial charge in [-0.05, 0) is 37.1 Å². The van der Waals surface area contributed by atoms with Crippen molar-refractivity contribution in [2.75, 3.05) is 27.4 Å². The minimum Gasteiger partial charge on any atom is -0.497 e. The van der Waals surface area contributed by atoms with Gasteiger partial charge in [0.2, 0.25) is 0 Å². The van der Waals surface area contributed by atoms with Crippen molar-refractivity contribution in [3.63, 3.8) is 0 Å². The molecule has 2 aromatic carbocycles. The molecule has 0 unspecified atom stereocenters. The Labute approximate surface area is 162 Å². The number of non-ortho nitro benzene ring substituents is 1. The minimum absolute atomic E-state index is 0.0786. The molecule has 1 aliphatic rings. The highest BCUT2D eigenvalue weighted by Gasteiger charge is 2.32. The number of rotatable bonds is 7. The van der Waals surface area contributed by atoms with Crippen LogP contribution in [-0.4, -0.2) is 43.1 Å². The zero-order valence-corrected chi connectivity index (χ0v) is 15.8. The number of methoxy groups -OCH3 is 2. The van der Waals surface area contributed by atoms with Crippen LogP contribution in [-0.2, 0) is 4.79 Å². The lowest BCUT2D eigenvalue weighted by atomic mass is 10.0. The predicted octanol–water partition coefficient (Wildman–Crippen LogP) is 3.35. The number of nitro groups is 1. The first-order valence-corrected chi connectivity index (χ1v) is 8.92. The molecule has 1 aliphatic heterocycles. The van der Waals surface area contributed by atoms with Crippen molar-refractivity contribution in [2.24, 2.45) is 0 Å². The fourth-order valence-electron chi connectivity index (χ4n) is 3.40. The molecule has 0 N–H and O–H groups in total. The number of carbonyl (C=O) groups is 1. The molecule has 8 nitrogen and oxygen atoms in total. The molecule has 0 aliphatic carbocycles. The molecule has 3 rings (SSSR count). The van der Waals surface area contributed by atoms with Gasteiger partial charge in [-0.1, -0.05) is 6.07 Å². The molecule has 2 aromatic rings. The monoisotopic (exact) mass is 386 g/mol. The summed E-state index contributed by atoms with van der Waals surface area (Å²) in [4.78, 5) is 24.9. The standard InChI is InChI=1S/C20H22N2O6/c1-26-15-8-9-19(27-2)17(12-15)18-7-4-10-21(18)20(23)13-28-16-6-3-5-14(11-16)22(24)25/h3,5-6,8-9,11-12,18H,4,7,10,13H2,1-2H3/t18-/m1/s1. The minimum atomic E-state index is -0.500. The van der Waals surface area contributed by atoms with E-state index in [4.69, 9.17) is 14.2 Å². The van der Waals surface area contributed by atoms with Crippen molar-refractivity contribution in [3.8, 4) is 17.2 Å². The van der Waals surface area contributed by atoms with Crippen LogP contribution in [0.3, 0.4) is 0 Å². The molecule has 0 saturated carbocycles. The maximum atomic E-state index is 12.8. The molecule has 1 fully saturated rings. The van der Waals surface area contributed by atoms with Gasteiger partial charge in [0, 0.05) is 18.2 Å². The third-order valence-electron chi connectivity index (χ3n) is 4.76. The van der Waals surface area contributed by atoms with Crippen molar-refractivity contribution in [2.45, 2.75) is 18.9 Å². The number of ether oxygens (including phenoxy) is 3. The van der Waals surface area contributed by atoms with Gasteiger partial charge in [-0.15, -0.1) is 0 Å². The van der Waals surface area contributed by atoms with Crippen molar-refractivity contribution in [1.29, 1.82) is 0 Å². The maximum Gasteiger partial charge on any atom is 0.273 e. The van der Waals surface area contributed by atoms with Crippen LogP contribution in [0.4, 0.5) is 5.69 Å². The summed E-state index contributed by atoms with van der Waals surface area (Å²) < 4.78 is 16.3. The van der Waals surface area contributed by atoms with Crippen LogP contribution in [0.2, 0.25) is 0 Å². The van der Waals surface area contributed by atoms with E-state index in [1.54, 1.807) is 25.2 Å². The molecule has 28 heavy (non-hydrogen) atoms. The summed E-state index contributed by atoms with van der Waals surface area (Å²) >= 11 is 0. The maximum absolute atomic E-state index is 12.8. The van der Waals surface area contributed by atoms with Crippen LogP contribution in [0.5, 0.6) is 17.2 Å². The highest BCUT2D eigenvalue weighted by Crippen LogP contribution is 2.39. The second kappa shape index (κ2) is 8.60. The Bertz CT molecular complexity index is 870. The van der Waals surface area contributed by atoms with E-state index < -0.39 is 4.92 Å². The van der Waals surface area contributed by atoms with Crippen LogP contribution in [0.1, 0.15) is 24.4 Å². The average molecular weight is 386 g/mol. The first-order valence-electron chi connectivity index (χ1n) is 8.92. The summed E-state index contributed by atoms with van der Waals surface area (Å²) in [6.45, 7) is 0.423. The fourth-order valence-corrected chi connectivity index (χ4v) is 3.40. The van der Waals surface area contributed by atoms with E-state index in [-0.39, 0.29) is 30.0 Å². The van der Waals surface area contributed by atoms with E-state index in [1.807, 2.05) is 18.2 Å². The van der Waals surface area contributed by atoms with Gasteiger partial charge in [0.25, 0.3) is 11.6 Å². The van der Waals surface area contributed by atoms with Gasteiger partial charge in [0.1, 0.15) is 17.2 Å². The fraction of sp³-hybridized carbons (Fsp3) is 0.350. The highest BCUT2D eigenvalue weighted by molar-refractivity contribution is 5.78. The van der Waals surface area contributed by atoms with Gasteiger partial charge in [-0.25, -0.2) is 0 Å². The van der Waals surface area contributed by atoms with Crippen LogP contribution >= 0.6 is 0 Å². The molecular weight excluding hydrogens is 364 g/mol. The molecule has 148 valence electrons. The summed E-state index contributed by atoms with van der Waals surface area (Å²) in [6.07, 6.45) is 1.68. The number of likely N-dealkylation sites (tertiary alicyclic amines) is 1. The normalized spacial score (nSPS) is 15.9. The predicted molar refractivity (Wildman–Crippen MR) is 102 cm³/mol. The number of carbonyl (C=O) groups excluding carboxylic acids is 1. The molecule has 1 heterocycles. The van der Waals surface area contributed by atoms with Crippen LogP contribution in [0, 0.1) is 10.1 Å². The Hall–Kier alpha value is -3.29. The Morgan fingerprint density at radius 3 is 2.71 bits per heavy atom. The molecule has 1 amide bonds. The van der Waals surface area contributed by atoms with Gasteiger partial charge in [-0.3, -0.25) is 14.9 Å². The Morgan fingerprint density at radius 2 is 2.00 bits per heavy atom. The van der Waals surface area contributed by atoms with E-state index in [0.29, 0.717) is 18.0 Å². The number of hydrogen-bond acceptors (Lipinski definition) is 6. The lowest BCUT2D eigenvalue weighted by Gasteiger charge is -2.26. The largest absolute Gasteiger partial charge is 0.497 e. The molecule has 0 radical (unpaired) electrons. The average Bonchev–Trinajstić information content (AvgIpc) is 3.21. The first kappa shape index (κ1) is 19.5. The van der Waals surface area contributed by atoms with E-state index in [1.165, 1.54) is 18.2 Å². The Balaban J connectivity index is 1.73. The topological polar surface area (TPSA) is 91.1 Å². The number of benzene rings is 2. The lowest BCUT2D eigenvalue weighted by molar-refractivity contribution is -0.384. The van der Waals surface area contributed by atoms with Crippen LogP contribution in [0.25, 0.3) is 0 Å². The summed E-state index contributed by atoms with van der Waals surface area (Å²) in [6, 6.07) is 11.2. The molecule has 0 spiro atoms.